The molecule has 1 aromatic carbocycles. The number of benzene rings is 1. The third kappa shape index (κ3) is 3.17. The molecule has 4 heteroatoms. The van der Waals surface area contributed by atoms with Gasteiger partial charge in [-0.3, -0.25) is 0 Å². The number of nitrogens with zero attached hydrogens (tertiary/aromatic N) is 2. The molecular formula is C13H15N3O. The number of aryl methyl sites for hydroxylation is 2. The van der Waals surface area contributed by atoms with Gasteiger partial charge in [0.15, 0.2) is 5.82 Å². The summed E-state index contributed by atoms with van der Waals surface area (Å²) in [5.41, 5.74) is 7.69. The molecule has 0 spiro atoms. The van der Waals surface area contributed by atoms with E-state index in [0.29, 0.717) is 18.2 Å². The quantitative estimate of drug-likeness (QED) is 0.876. The molecule has 0 aliphatic carbocycles. The van der Waals surface area contributed by atoms with Crippen LogP contribution in [0.5, 0.6) is 5.75 Å². The second-order valence-electron chi connectivity index (χ2n) is 3.95. The van der Waals surface area contributed by atoms with Crippen LogP contribution in [0.4, 0.5) is 5.82 Å². The maximum Gasteiger partial charge on any atom is 0.168 e. The number of anilines is 1. The number of hydrogen-bond acceptors (Lipinski definition) is 4. The van der Waals surface area contributed by atoms with Crippen molar-refractivity contribution in [3.05, 3.63) is 47.4 Å². The number of aromatic nitrogens is 2. The van der Waals surface area contributed by atoms with E-state index in [0.717, 1.165) is 11.4 Å². The monoisotopic (exact) mass is 229 g/mol. The molecule has 0 aliphatic heterocycles. The number of nitrogen functional groups attached to an aromatic ring is 1. The average molecular weight is 229 g/mol. The predicted molar refractivity (Wildman–Crippen MR) is 66.7 cm³/mol. The van der Waals surface area contributed by atoms with Gasteiger partial charge in [0.05, 0.1) is 0 Å². The van der Waals surface area contributed by atoms with Crippen molar-refractivity contribution >= 4 is 5.82 Å². The molecule has 0 fully saturated rings. The van der Waals surface area contributed by atoms with Gasteiger partial charge in [-0.25, -0.2) is 9.97 Å². The summed E-state index contributed by atoms with van der Waals surface area (Å²) in [6.07, 6.45) is 0. The maximum atomic E-state index is 5.64. The van der Waals surface area contributed by atoms with E-state index in [1.54, 1.807) is 6.07 Å². The van der Waals surface area contributed by atoms with Crippen LogP contribution in [0.25, 0.3) is 0 Å². The van der Waals surface area contributed by atoms with Crippen LogP contribution < -0.4 is 10.5 Å². The molecule has 0 saturated heterocycles. The molecule has 2 rings (SSSR count). The number of nitrogens with two attached hydrogens (primary N) is 1. The fourth-order valence-corrected chi connectivity index (χ4v) is 1.50. The Hall–Kier alpha value is -2.10. The Morgan fingerprint density at radius 3 is 2.47 bits per heavy atom. The molecule has 88 valence electrons. The van der Waals surface area contributed by atoms with Gasteiger partial charge in [0.1, 0.15) is 18.2 Å². The predicted octanol–water partition coefficient (Wildman–Crippen LogP) is 2.25. The summed E-state index contributed by atoms with van der Waals surface area (Å²) < 4.78 is 5.58. The summed E-state index contributed by atoms with van der Waals surface area (Å²) in [5, 5.41) is 0. The van der Waals surface area contributed by atoms with Crippen LogP contribution in [-0.4, -0.2) is 9.97 Å². The van der Waals surface area contributed by atoms with E-state index < -0.39 is 0 Å². The minimum absolute atomic E-state index is 0.328. The molecule has 0 bridgehead atoms. The maximum absolute atomic E-state index is 5.64. The van der Waals surface area contributed by atoms with Crippen molar-refractivity contribution in [2.75, 3.05) is 5.73 Å². The Labute approximate surface area is 100 Å². The van der Waals surface area contributed by atoms with Crippen molar-refractivity contribution < 1.29 is 4.74 Å². The summed E-state index contributed by atoms with van der Waals surface area (Å²) in [6.45, 7) is 4.25. The molecule has 1 aromatic heterocycles. The van der Waals surface area contributed by atoms with Crippen LogP contribution in [0.1, 0.15) is 17.1 Å². The Morgan fingerprint density at radius 2 is 1.82 bits per heavy atom. The van der Waals surface area contributed by atoms with E-state index >= 15 is 0 Å². The molecule has 2 N–H and O–H groups in total. The van der Waals surface area contributed by atoms with Crippen molar-refractivity contribution in [3.8, 4) is 5.75 Å². The zero-order valence-electron chi connectivity index (χ0n) is 9.97. The Balaban J connectivity index is 2.04. The Bertz CT molecular complexity index is 488. The van der Waals surface area contributed by atoms with Crippen molar-refractivity contribution in [3.63, 3.8) is 0 Å². The Kier molecular flexibility index (Phi) is 3.23. The van der Waals surface area contributed by atoms with Crippen molar-refractivity contribution in [1.29, 1.82) is 0 Å². The molecule has 0 atom stereocenters. The zero-order chi connectivity index (χ0) is 12.3. The van der Waals surface area contributed by atoms with E-state index in [1.165, 1.54) is 5.56 Å². The molecule has 0 saturated carbocycles. The van der Waals surface area contributed by atoms with Gasteiger partial charge in [-0.1, -0.05) is 17.7 Å². The highest BCUT2D eigenvalue weighted by atomic mass is 16.5. The van der Waals surface area contributed by atoms with Crippen molar-refractivity contribution in [2.24, 2.45) is 0 Å². The molecule has 17 heavy (non-hydrogen) atoms. The average Bonchev–Trinajstić information content (AvgIpc) is 2.27. The Morgan fingerprint density at radius 1 is 1.12 bits per heavy atom. The van der Waals surface area contributed by atoms with E-state index in [2.05, 4.69) is 9.97 Å². The molecule has 0 radical (unpaired) electrons. The van der Waals surface area contributed by atoms with Crippen LogP contribution >= 0.6 is 0 Å². The van der Waals surface area contributed by atoms with E-state index in [4.69, 9.17) is 10.5 Å². The summed E-state index contributed by atoms with van der Waals surface area (Å²) in [7, 11) is 0. The van der Waals surface area contributed by atoms with Gasteiger partial charge >= 0.3 is 0 Å². The smallest absolute Gasteiger partial charge is 0.168 e. The van der Waals surface area contributed by atoms with E-state index in [1.807, 2.05) is 38.1 Å². The lowest BCUT2D eigenvalue weighted by atomic mass is 10.2. The number of rotatable bonds is 3. The highest BCUT2D eigenvalue weighted by Crippen LogP contribution is 2.13. The summed E-state index contributed by atoms with van der Waals surface area (Å²) >= 11 is 0. The van der Waals surface area contributed by atoms with Crippen LogP contribution in [0, 0.1) is 13.8 Å². The first-order valence-electron chi connectivity index (χ1n) is 5.43. The second kappa shape index (κ2) is 4.82. The highest BCUT2D eigenvalue weighted by molar-refractivity contribution is 5.29. The SMILES string of the molecule is Cc1ccc(OCc2nc(C)cc(N)n2)cc1. The van der Waals surface area contributed by atoms with Crippen LogP contribution in [0.2, 0.25) is 0 Å². The summed E-state index contributed by atoms with van der Waals surface area (Å²) in [4.78, 5) is 8.36. The largest absolute Gasteiger partial charge is 0.486 e. The molecule has 0 unspecified atom stereocenters. The molecule has 0 amide bonds. The molecule has 2 aromatic rings. The van der Waals surface area contributed by atoms with Gasteiger partial charge in [0.25, 0.3) is 0 Å². The lowest BCUT2D eigenvalue weighted by Gasteiger charge is -2.06. The lowest BCUT2D eigenvalue weighted by Crippen LogP contribution is -2.05. The topological polar surface area (TPSA) is 61.0 Å². The lowest BCUT2D eigenvalue weighted by molar-refractivity contribution is 0.295. The third-order valence-corrected chi connectivity index (χ3v) is 2.31. The van der Waals surface area contributed by atoms with Gasteiger partial charge < -0.3 is 10.5 Å². The summed E-state index contributed by atoms with van der Waals surface area (Å²) in [5.74, 6) is 1.88. The van der Waals surface area contributed by atoms with E-state index in [-0.39, 0.29) is 0 Å². The van der Waals surface area contributed by atoms with Crippen LogP contribution in [0.15, 0.2) is 30.3 Å². The minimum atomic E-state index is 0.328. The molecule has 1 heterocycles. The van der Waals surface area contributed by atoms with Gasteiger partial charge in [0.2, 0.25) is 0 Å². The normalized spacial score (nSPS) is 10.2. The first-order chi connectivity index (χ1) is 8.13. The summed E-state index contributed by atoms with van der Waals surface area (Å²) in [6, 6.07) is 9.58. The van der Waals surface area contributed by atoms with Gasteiger partial charge in [-0.2, -0.15) is 0 Å². The zero-order valence-corrected chi connectivity index (χ0v) is 9.97. The van der Waals surface area contributed by atoms with Gasteiger partial charge in [-0.15, -0.1) is 0 Å². The fraction of sp³-hybridized carbons (Fsp3) is 0.231. The number of ether oxygens (including phenoxy) is 1. The van der Waals surface area contributed by atoms with Crippen LogP contribution in [-0.2, 0) is 6.61 Å². The third-order valence-electron chi connectivity index (χ3n) is 2.31. The molecule has 0 aliphatic rings. The van der Waals surface area contributed by atoms with Crippen molar-refractivity contribution in [2.45, 2.75) is 20.5 Å². The first-order valence-corrected chi connectivity index (χ1v) is 5.43. The van der Waals surface area contributed by atoms with Gasteiger partial charge in [-0.05, 0) is 26.0 Å². The highest BCUT2D eigenvalue weighted by Gasteiger charge is 2.01. The minimum Gasteiger partial charge on any atom is -0.486 e. The fourth-order valence-electron chi connectivity index (χ4n) is 1.50. The first kappa shape index (κ1) is 11.4. The van der Waals surface area contributed by atoms with E-state index in [9.17, 15) is 0 Å². The second-order valence-corrected chi connectivity index (χ2v) is 3.95. The van der Waals surface area contributed by atoms with Gasteiger partial charge in [0, 0.05) is 11.8 Å². The standard InChI is InChI=1S/C13H15N3O/c1-9-3-5-11(6-4-9)17-8-13-15-10(2)7-12(14)16-13/h3-7H,8H2,1-2H3,(H2,14,15,16). The number of hydrogen-bond donors (Lipinski definition) is 1. The van der Waals surface area contributed by atoms with Crippen molar-refractivity contribution in [1.82, 2.24) is 9.97 Å². The molecular weight excluding hydrogens is 214 g/mol. The molecule has 4 nitrogen and oxygen atoms in total. The van der Waals surface area contributed by atoms with Crippen LogP contribution in [0.3, 0.4) is 0 Å².